The fourth-order valence-corrected chi connectivity index (χ4v) is 3.26. The van der Waals surface area contributed by atoms with Crippen LogP contribution >= 0.6 is 0 Å². The van der Waals surface area contributed by atoms with Gasteiger partial charge in [-0.15, -0.1) is 0 Å². The number of aryl methyl sites for hydroxylation is 1. The first kappa shape index (κ1) is 14.5. The van der Waals surface area contributed by atoms with Crippen molar-refractivity contribution in [3.63, 3.8) is 0 Å². The number of pyridine rings is 1. The molecule has 0 radical (unpaired) electrons. The van der Waals surface area contributed by atoms with Gasteiger partial charge in [-0.05, 0) is 25.5 Å². The summed E-state index contributed by atoms with van der Waals surface area (Å²) in [4.78, 5) is 19.3. The molecule has 0 saturated carbocycles. The molecule has 120 valence electrons. The van der Waals surface area contributed by atoms with Crippen LogP contribution in [0, 0.1) is 18.3 Å². The second-order valence-corrected chi connectivity index (χ2v) is 5.99. The van der Waals surface area contributed by atoms with Crippen LogP contribution in [0.5, 0.6) is 0 Å². The summed E-state index contributed by atoms with van der Waals surface area (Å²) in [6.45, 7) is 3.12. The molecule has 0 bridgehead atoms. The van der Waals surface area contributed by atoms with E-state index in [0.717, 1.165) is 17.8 Å². The summed E-state index contributed by atoms with van der Waals surface area (Å²) < 4.78 is 3.62. The lowest BCUT2D eigenvalue weighted by atomic mass is 10.3. The van der Waals surface area contributed by atoms with Crippen molar-refractivity contribution in [1.82, 2.24) is 24.1 Å². The Labute approximate surface area is 138 Å². The van der Waals surface area contributed by atoms with Gasteiger partial charge in [0.05, 0.1) is 23.5 Å². The molecule has 1 atom stereocenters. The van der Waals surface area contributed by atoms with Gasteiger partial charge in [-0.1, -0.05) is 6.07 Å². The molecule has 4 heterocycles. The molecule has 1 fully saturated rings. The zero-order valence-corrected chi connectivity index (χ0v) is 13.3. The highest BCUT2D eigenvalue weighted by atomic mass is 16.2. The molecule has 7 nitrogen and oxygen atoms in total. The van der Waals surface area contributed by atoms with Crippen LogP contribution in [-0.2, 0) is 0 Å². The molecule has 1 saturated heterocycles. The predicted octanol–water partition coefficient (Wildman–Crippen LogP) is 1.80. The number of imidazole rings is 1. The van der Waals surface area contributed by atoms with E-state index < -0.39 is 0 Å². The minimum atomic E-state index is -0.0126. The molecule has 1 amide bonds. The number of rotatable bonds is 2. The van der Waals surface area contributed by atoms with E-state index in [9.17, 15) is 4.79 Å². The van der Waals surface area contributed by atoms with Gasteiger partial charge in [0, 0.05) is 25.5 Å². The van der Waals surface area contributed by atoms with E-state index in [2.05, 4.69) is 16.2 Å². The highest BCUT2D eigenvalue weighted by Crippen LogP contribution is 2.24. The molecule has 0 N–H and O–H groups in total. The number of likely N-dealkylation sites (tertiary alicyclic amines) is 1. The molecule has 7 heteroatoms. The fraction of sp³-hybridized carbons (Fsp3) is 0.294. The number of fused-ring (bicyclic) bond motifs is 1. The SMILES string of the molecule is Cc1nc2ccccn2c1C(=O)N1CCC(n2cc(C#N)cn2)C1. The molecule has 24 heavy (non-hydrogen) atoms. The number of carbonyl (C=O) groups is 1. The first-order chi connectivity index (χ1) is 11.7. The van der Waals surface area contributed by atoms with E-state index >= 15 is 0 Å². The summed E-state index contributed by atoms with van der Waals surface area (Å²) in [5.74, 6) is -0.0126. The summed E-state index contributed by atoms with van der Waals surface area (Å²) in [6, 6.07) is 7.88. The van der Waals surface area contributed by atoms with Crippen molar-refractivity contribution in [2.45, 2.75) is 19.4 Å². The standard InChI is InChI=1S/C17H16N6O/c1-12-16(22-6-3-2-4-15(22)20-12)17(24)21-7-5-14(11-21)23-10-13(8-18)9-19-23/h2-4,6,9-10,14H,5,7,11H2,1H3. The van der Waals surface area contributed by atoms with Gasteiger partial charge in [0.25, 0.3) is 5.91 Å². The number of carbonyl (C=O) groups excluding carboxylic acids is 1. The highest BCUT2D eigenvalue weighted by Gasteiger charge is 2.31. The maximum atomic E-state index is 13.0. The van der Waals surface area contributed by atoms with Gasteiger partial charge in [-0.3, -0.25) is 13.9 Å². The van der Waals surface area contributed by atoms with Crippen LogP contribution in [0.2, 0.25) is 0 Å². The summed E-state index contributed by atoms with van der Waals surface area (Å²) >= 11 is 0. The van der Waals surface area contributed by atoms with Crippen LogP contribution in [0.15, 0.2) is 36.8 Å². The van der Waals surface area contributed by atoms with Crippen molar-refractivity contribution in [2.75, 3.05) is 13.1 Å². The molecule has 0 spiro atoms. The van der Waals surface area contributed by atoms with E-state index in [1.807, 2.05) is 40.6 Å². The van der Waals surface area contributed by atoms with Gasteiger partial charge >= 0.3 is 0 Å². The zero-order valence-electron chi connectivity index (χ0n) is 13.3. The topological polar surface area (TPSA) is 79.2 Å². The molecule has 3 aromatic heterocycles. The molecule has 3 aromatic rings. The van der Waals surface area contributed by atoms with Gasteiger partial charge in [-0.25, -0.2) is 4.98 Å². The third kappa shape index (κ3) is 2.24. The number of hydrogen-bond acceptors (Lipinski definition) is 4. The van der Waals surface area contributed by atoms with E-state index in [0.29, 0.717) is 24.3 Å². The van der Waals surface area contributed by atoms with Crippen LogP contribution < -0.4 is 0 Å². The third-order valence-corrected chi connectivity index (χ3v) is 4.46. The van der Waals surface area contributed by atoms with Crippen molar-refractivity contribution >= 4 is 11.6 Å². The maximum absolute atomic E-state index is 13.0. The van der Waals surface area contributed by atoms with Crippen LogP contribution in [0.4, 0.5) is 0 Å². The van der Waals surface area contributed by atoms with Crippen molar-refractivity contribution in [2.24, 2.45) is 0 Å². The lowest BCUT2D eigenvalue weighted by Gasteiger charge is -2.17. The molecular weight excluding hydrogens is 304 g/mol. The van der Waals surface area contributed by atoms with Gasteiger partial charge in [0.2, 0.25) is 0 Å². The molecular formula is C17H16N6O. The maximum Gasteiger partial charge on any atom is 0.272 e. The minimum absolute atomic E-state index is 0.0126. The Bertz CT molecular complexity index is 963. The van der Waals surface area contributed by atoms with Gasteiger partial charge in [0.1, 0.15) is 17.4 Å². The monoisotopic (exact) mass is 320 g/mol. The fourth-order valence-electron chi connectivity index (χ4n) is 3.26. The summed E-state index contributed by atoms with van der Waals surface area (Å²) in [5, 5.41) is 13.1. The Morgan fingerprint density at radius 2 is 2.29 bits per heavy atom. The first-order valence-corrected chi connectivity index (χ1v) is 7.84. The van der Waals surface area contributed by atoms with Gasteiger partial charge in [0.15, 0.2) is 0 Å². The highest BCUT2D eigenvalue weighted by molar-refractivity contribution is 5.94. The quantitative estimate of drug-likeness (QED) is 0.721. The van der Waals surface area contributed by atoms with Crippen LogP contribution in [0.25, 0.3) is 5.65 Å². The Balaban J connectivity index is 1.59. The number of amides is 1. The third-order valence-electron chi connectivity index (χ3n) is 4.46. The van der Waals surface area contributed by atoms with Crippen molar-refractivity contribution in [3.8, 4) is 6.07 Å². The average Bonchev–Trinajstić information content (AvgIpc) is 3.31. The molecule has 1 aliphatic rings. The summed E-state index contributed by atoms with van der Waals surface area (Å²) in [5.41, 5.74) is 2.67. The summed E-state index contributed by atoms with van der Waals surface area (Å²) in [6.07, 6.45) is 5.98. The van der Waals surface area contributed by atoms with E-state index in [1.165, 1.54) is 0 Å². The first-order valence-electron chi connectivity index (χ1n) is 7.84. The largest absolute Gasteiger partial charge is 0.335 e. The second kappa shape index (κ2) is 5.49. The Morgan fingerprint density at radius 3 is 3.08 bits per heavy atom. The van der Waals surface area contributed by atoms with Crippen molar-refractivity contribution < 1.29 is 4.79 Å². The minimum Gasteiger partial charge on any atom is -0.335 e. The van der Waals surface area contributed by atoms with Gasteiger partial charge in [-0.2, -0.15) is 10.4 Å². The molecule has 4 rings (SSSR count). The van der Waals surface area contributed by atoms with E-state index in [1.54, 1.807) is 17.1 Å². The summed E-state index contributed by atoms with van der Waals surface area (Å²) in [7, 11) is 0. The number of nitrogens with zero attached hydrogens (tertiary/aromatic N) is 6. The van der Waals surface area contributed by atoms with E-state index in [-0.39, 0.29) is 11.9 Å². The molecule has 0 aromatic carbocycles. The molecule has 0 aliphatic carbocycles. The lowest BCUT2D eigenvalue weighted by molar-refractivity contribution is 0.0779. The Hall–Kier alpha value is -3.14. The van der Waals surface area contributed by atoms with Crippen LogP contribution in [-0.4, -0.2) is 43.1 Å². The van der Waals surface area contributed by atoms with Crippen LogP contribution in [0.1, 0.15) is 34.2 Å². The zero-order chi connectivity index (χ0) is 16.7. The van der Waals surface area contributed by atoms with Crippen LogP contribution in [0.3, 0.4) is 0 Å². The van der Waals surface area contributed by atoms with E-state index in [4.69, 9.17) is 5.26 Å². The van der Waals surface area contributed by atoms with Crippen molar-refractivity contribution in [3.05, 3.63) is 53.7 Å². The Kier molecular flexibility index (Phi) is 3.31. The number of nitriles is 1. The second-order valence-electron chi connectivity index (χ2n) is 5.99. The normalized spacial score (nSPS) is 17.3. The number of hydrogen-bond donors (Lipinski definition) is 0. The van der Waals surface area contributed by atoms with Crippen molar-refractivity contribution in [1.29, 1.82) is 5.26 Å². The predicted molar refractivity (Wildman–Crippen MR) is 86.4 cm³/mol. The smallest absolute Gasteiger partial charge is 0.272 e. The lowest BCUT2D eigenvalue weighted by Crippen LogP contribution is -2.30. The molecule has 1 unspecified atom stereocenters. The average molecular weight is 320 g/mol. The van der Waals surface area contributed by atoms with Gasteiger partial charge < -0.3 is 4.90 Å². The Morgan fingerprint density at radius 1 is 1.42 bits per heavy atom. The molecule has 1 aliphatic heterocycles. The number of aromatic nitrogens is 4.